The number of allylic oxidation sites excluding steroid dienone is 2. The molecule has 20 heavy (non-hydrogen) atoms. The van der Waals surface area contributed by atoms with Gasteiger partial charge in [-0.25, -0.2) is 0 Å². The third kappa shape index (κ3) is 2.59. The van der Waals surface area contributed by atoms with Gasteiger partial charge >= 0.3 is 0 Å². The molecule has 0 spiro atoms. The molecule has 108 valence electrons. The van der Waals surface area contributed by atoms with Gasteiger partial charge in [0, 0.05) is 11.5 Å². The maximum Gasteiger partial charge on any atom is 0.123 e. The van der Waals surface area contributed by atoms with Crippen LogP contribution in [0.4, 0.5) is 0 Å². The van der Waals surface area contributed by atoms with E-state index in [2.05, 4.69) is 6.58 Å². The van der Waals surface area contributed by atoms with Gasteiger partial charge in [-0.05, 0) is 56.4 Å². The average molecular weight is 274 g/mol. The summed E-state index contributed by atoms with van der Waals surface area (Å²) in [4.78, 5) is 0. The molecule has 3 N–H and O–H groups in total. The van der Waals surface area contributed by atoms with Gasteiger partial charge in [-0.3, -0.25) is 0 Å². The number of hydrogen-bond donors (Lipinski definition) is 3. The molecular weight excluding hydrogens is 252 g/mol. The molecule has 0 fully saturated rings. The zero-order valence-corrected chi connectivity index (χ0v) is 12.2. The van der Waals surface area contributed by atoms with Crippen molar-refractivity contribution in [2.75, 3.05) is 0 Å². The highest BCUT2D eigenvalue weighted by Gasteiger charge is 2.33. The second-order valence-corrected chi connectivity index (χ2v) is 5.86. The number of hydrogen-bond acceptors (Lipinski definition) is 3. The standard InChI is InChI=1S/C17H22O3/c1-9(2)12-8-14(18)11(4)7-13(12)17-15(19)5-10(3)6-16(17)20/h5-7,12-14,18-20H,1,8H2,2-4H3/t12-,13+,14-/m0/s1. The van der Waals surface area contributed by atoms with E-state index < -0.39 is 6.10 Å². The molecule has 3 nitrogen and oxygen atoms in total. The number of aromatic hydroxyl groups is 2. The molecule has 1 aromatic carbocycles. The maximum atomic E-state index is 10.2. The van der Waals surface area contributed by atoms with E-state index in [4.69, 9.17) is 0 Å². The van der Waals surface area contributed by atoms with E-state index in [1.54, 1.807) is 12.1 Å². The van der Waals surface area contributed by atoms with Crippen molar-refractivity contribution in [2.45, 2.75) is 39.2 Å². The Labute approximate surface area is 119 Å². The molecule has 0 aromatic heterocycles. The number of phenols is 2. The van der Waals surface area contributed by atoms with Gasteiger partial charge in [0.2, 0.25) is 0 Å². The first-order valence-electron chi connectivity index (χ1n) is 6.85. The molecular formula is C17H22O3. The van der Waals surface area contributed by atoms with Gasteiger partial charge < -0.3 is 15.3 Å². The summed E-state index contributed by atoms with van der Waals surface area (Å²) in [5.74, 6) is 0.0445. The predicted octanol–water partition coefficient (Wildman–Crippen LogP) is 3.39. The van der Waals surface area contributed by atoms with Crippen LogP contribution in [0.25, 0.3) is 0 Å². The predicted molar refractivity (Wildman–Crippen MR) is 79.9 cm³/mol. The Morgan fingerprint density at radius 3 is 2.25 bits per heavy atom. The Bertz CT molecular complexity index is 549. The summed E-state index contributed by atoms with van der Waals surface area (Å²) in [6, 6.07) is 3.30. The SMILES string of the molecule is C=C(C)[C@@H]1C[C@H](O)C(C)=C[C@H]1c1c(O)cc(C)cc1O. The summed E-state index contributed by atoms with van der Waals surface area (Å²) in [5.41, 5.74) is 3.14. The summed E-state index contributed by atoms with van der Waals surface area (Å²) >= 11 is 0. The molecule has 1 aliphatic carbocycles. The lowest BCUT2D eigenvalue weighted by atomic mass is 9.72. The van der Waals surface area contributed by atoms with Gasteiger partial charge in [0.25, 0.3) is 0 Å². The largest absolute Gasteiger partial charge is 0.507 e. The van der Waals surface area contributed by atoms with Crippen molar-refractivity contribution in [3.05, 3.63) is 47.1 Å². The van der Waals surface area contributed by atoms with Crippen molar-refractivity contribution < 1.29 is 15.3 Å². The first-order valence-corrected chi connectivity index (χ1v) is 6.85. The minimum absolute atomic E-state index is 0.00760. The van der Waals surface area contributed by atoms with E-state index in [1.807, 2.05) is 26.8 Å². The second kappa shape index (κ2) is 5.33. The molecule has 0 heterocycles. The first kappa shape index (κ1) is 14.7. The smallest absolute Gasteiger partial charge is 0.123 e. The normalized spacial score (nSPS) is 26.2. The number of benzene rings is 1. The summed E-state index contributed by atoms with van der Waals surface area (Å²) < 4.78 is 0. The lowest BCUT2D eigenvalue weighted by Gasteiger charge is -2.34. The molecule has 0 radical (unpaired) electrons. The zero-order valence-electron chi connectivity index (χ0n) is 12.2. The van der Waals surface area contributed by atoms with Crippen LogP contribution in [0.1, 0.15) is 37.3 Å². The van der Waals surface area contributed by atoms with Crippen LogP contribution in [-0.2, 0) is 0 Å². The summed E-state index contributed by atoms with van der Waals surface area (Å²) in [5, 5.41) is 30.4. The molecule has 0 amide bonds. The van der Waals surface area contributed by atoms with Crippen molar-refractivity contribution in [3.63, 3.8) is 0 Å². The third-order valence-corrected chi connectivity index (χ3v) is 4.13. The van der Waals surface area contributed by atoms with Crippen LogP contribution < -0.4 is 0 Å². The van der Waals surface area contributed by atoms with Gasteiger partial charge in [-0.15, -0.1) is 0 Å². The fourth-order valence-electron chi connectivity index (χ4n) is 2.98. The molecule has 0 saturated heterocycles. The van der Waals surface area contributed by atoms with E-state index in [0.717, 1.165) is 16.7 Å². The van der Waals surface area contributed by atoms with Gasteiger partial charge in [-0.2, -0.15) is 0 Å². The molecule has 1 aromatic rings. The lowest BCUT2D eigenvalue weighted by molar-refractivity contribution is 0.168. The van der Waals surface area contributed by atoms with E-state index in [1.165, 1.54) is 0 Å². The molecule has 0 aliphatic heterocycles. The zero-order chi connectivity index (χ0) is 15.0. The van der Waals surface area contributed by atoms with Crippen LogP contribution in [0, 0.1) is 12.8 Å². The highest BCUT2D eigenvalue weighted by molar-refractivity contribution is 5.51. The monoisotopic (exact) mass is 274 g/mol. The number of aliphatic hydroxyl groups is 1. The van der Waals surface area contributed by atoms with Gasteiger partial charge in [0.05, 0.1) is 6.10 Å². The van der Waals surface area contributed by atoms with Crippen LogP contribution in [0.3, 0.4) is 0 Å². The van der Waals surface area contributed by atoms with Crippen LogP contribution in [0.5, 0.6) is 11.5 Å². The first-order chi connectivity index (χ1) is 9.31. The molecule has 3 heteroatoms. The summed E-state index contributed by atoms with van der Waals surface area (Å²) in [6.07, 6.45) is 2.01. The number of rotatable bonds is 2. The Kier molecular flexibility index (Phi) is 3.91. The Morgan fingerprint density at radius 2 is 1.75 bits per heavy atom. The Morgan fingerprint density at radius 1 is 1.20 bits per heavy atom. The van der Waals surface area contributed by atoms with Gasteiger partial charge in [0.1, 0.15) is 11.5 Å². The van der Waals surface area contributed by atoms with Crippen molar-refractivity contribution in [3.8, 4) is 11.5 Å². The van der Waals surface area contributed by atoms with Crippen molar-refractivity contribution >= 4 is 0 Å². The fourth-order valence-corrected chi connectivity index (χ4v) is 2.98. The van der Waals surface area contributed by atoms with E-state index in [9.17, 15) is 15.3 Å². The number of aliphatic hydroxyl groups excluding tert-OH is 1. The minimum atomic E-state index is -0.484. The average Bonchev–Trinajstić information content (AvgIpc) is 2.31. The van der Waals surface area contributed by atoms with Crippen LogP contribution in [0.2, 0.25) is 0 Å². The quantitative estimate of drug-likeness (QED) is 0.724. The van der Waals surface area contributed by atoms with E-state index >= 15 is 0 Å². The highest BCUT2D eigenvalue weighted by atomic mass is 16.3. The molecule has 3 atom stereocenters. The van der Waals surface area contributed by atoms with Gasteiger partial charge in [-0.1, -0.05) is 18.2 Å². The number of aryl methyl sites for hydroxylation is 1. The fraction of sp³-hybridized carbons (Fsp3) is 0.412. The van der Waals surface area contributed by atoms with Crippen LogP contribution in [-0.4, -0.2) is 21.4 Å². The van der Waals surface area contributed by atoms with E-state index in [-0.39, 0.29) is 23.3 Å². The molecule has 0 unspecified atom stereocenters. The van der Waals surface area contributed by atoms with Crippen molar-refractivity contribution in [2.24, 2.45) is 5.92 Å². The second-order valence-electron chi connectivity index (χ2n) is 5.86. The van der Waals surface area contributed by atoms with E-state index in [0.29, 0.717) is 12.0 Å². The van der Waals surface area contributed by atoms with Gasteiger partial charge in [0.15, 0.2) is 0 Å². The van der Waals surface area contributed by atoms with Crippen molar-refractivity contribution in [1.82, 2.24) is 0 Å². The molecule has 0 bridgehead atoms. The number of phenolic OH excluding ortho intramolecular Hbond substituents is 2. The maximum absolute atomic E-state index is 10.2. The molecule has 0 saturated carbocycles. The third-order valence-electron chi connectivity index (χ3n) is 4.13. The van der Waals surface area contributed by atoms with Crippen LogP contribution >= 0.6 is 0 Å². The minimum Gasteiger partial charge on any atom is -0.507 e. The Hall–Kier alpha value is -1.74. The Balaban J connectivity index is 2.56. The van der Waals surface area contributed by atoms with Crippen LogP contribution in [0.15, 0.2) is 35.9 Å². The topological polar surface area (TPSA) is 60.7 Å². The van der Waals surface area contributed by atoms with Crippen molar-refractivity contribution in [1.29, 1.82) is 0 Å². The molecule has 1 aliphatic rings. The highest BCUT2D eigenvalue weighted by Crippen LogP contribution is 2.46. The summed E-state index contributed by atoms with van der Waals surface area (Å²) in [6.45, 7) is 9.60. The molecule has 2 rings (SSSR count). The lowest BCUT2D eigenvalue weighted by Crippen LogP contribution is -2.26. The summed E-state index contributed by atoms with van der Waals surface area (Å²) in [7, 11) is 0.